The van der Waals surface area contributed by atoms with Crippen LogP contribution in [-0.2, 0) is 14.8 Å². The van der Waals surface area contributed by atoms with Crippen molar-refractivity contribution >= 4 is 27.5 Å². The van der Waals surface area contributed by atoms with Crippen molar-refractivity contribution < 1.29 is 27.2 Å². The molecule has 0 aliphatic rings. The van der Waals surface area contributed by atoms with Gasteiger partial charge >= 0.3 is 5.91 Å². The second kappa shape index (κ2) is 8.25. The first-order chi connectivity index (χ1) is 14.1. The van der Waals surface area contributed by atoms with Crippen molar-refractivity contribution in [2.24, 2.45) is 5.14 Å². The first-order valence-corrected chi connectivity index (χ1v) is 10.1. The number of aromatic nitrogens is 1. The molecule has 3 N–H and O–H groups in total. The van der Waals surface area contributed by atoms with Gasteiger partial charge in [0.15, 0.2) is 5.76 Å². The Labute approximate surface area is 175 Å². The molecule has 0 bridgehead atoms. The van der Waals surface area contributed by atoms with E-state index in [-0.39, 0.29) is 27.3 Å². The van der Waals surface area contributed by atoms with E-state index in [0.29, 0.717) is 16.2 Å². The summed E-state index contributed by atoms with van der Waals surface area (Å²) in [5.41, 5.74) is 1.05. The SMILES string of the molecule is CN(O)C(=O)C#Cc1nc(-c2ccc(F)c(Cl)c2)c(-c2ccc(S(N)(=O)=O)cc2)o1. The van der Waals surface area contributed by atoms with Gasteiger partial charge in [0.2, 0.25) is 10.0 Å². The molecule has 3 aromatic rings. The molecule has 1 aromatic heterocycles. The van der Waals surface area contributed by atoms with Gasteiger partial charge in [0.25, 0.3) is 5.89 Å². The number of hydroxylamine groups is 2. The van der Waals surface area contributed by atoms with Gasteiger partial charge in [0.1, 0.15) is 11.5 Å². The lowest BCUT2D eigenvalue weighted by atomic mass is 10.1. The molecule has 154 valence electrons. The minimum absolute atomic E-state index is 0.103. The molecule has 30 heavy (non-hydrogen) atoms. The second-order valence-corrected chi connectivity index (χ2v) is 7.94. The molecule has 0 aliphatic heterocycles. The average Bonchev–Trinajstić information content (AvgIpc) is 3.12. The Bertz CT molecular complexity index is 1290. The third-order valence-corrected chi connectivity index (χ3v) is 5.05. The predicted molar refractivity (Wildman–Crippen MR) is 105 cm³/mol. The Balaban J connectivity index is 2.14. The van der Waals surface area contributed by atoms with Crippen LogP contribution in [0.5, 0.6) is 0 Å². The summed E-state index contributed by atoms with van der Waals surface area (Å²) in [6, 6.07) is 9.35. The maximum absolute atomic E-state index is 13.6. The monoisotopic (exact) mass is 449 g/mol. The van der Waals surface area contributed by atoms with E-state index in [1.807, 2.05) is 0 Å². The third-order valence-electron chi connectivity index (χ3n) is 3.84. The maximum Gasteiger partial charge on any atom is 0.322 e. The number of nitrogens with two attached hydrogens (primary N) is 1. The molecule has 0 saturated carbocycles. The normalized spacial score (nSPS) is 11.0. The smallest absolute Gasteiger partial charge is 0.322 e. The summed E-state index contributed by atoms with van der Waals surface area (Å²) in [5, 5.41) is 14.3. The number of carbonyl (C=O) groups is 1. The zero-order chi connectivity index (χ0) is 22.1. The first-order valence-electron chi connectivity index (χ1n) is 8.14. The van der Waals surface area contributed by atoms with Gasteiger partial charge in [-0.2, -0.15) is 0 Å². The van der Waals surface area contributed by atoms with Crippen LogP contribution in [0, 0.1) is 17.7 Å². The highest BCUT2D eigenvalue weighted by atomic mass is 35.5. The summed E-state index contributed by atoms with van der Waals surface area (Å²) in [4.78, 5) is 15.6. The largest absolute Gasteiger partial charge is 0.429 e. The molecule has 3 rings (SSSR count). The lowest BCUT2D eigenvalue weighted by Gasteiger charge is -2.04. The van der Waals surface area contributed by atoms with Crippen LogP contribution in [0.4, 0.5) is 4.39 Å². The summed E-state index contributed by atoms with van der Waals surface area (Å²) in [5.74, 6) is 3.02. The molecular weight excluding hydrogens is 437 g/mol. The third kappa shape index (κ3) is 4.67. The number of hydrogen-bond acceptors (Lipinski definition) is 6. The first kappa shape index (κ1) is 21.5. The Kier molecular flexibility index (Phi) is 5.91. The van der Waals surface area contributed by atoms with Crippen LogP contribution < -0.4 is 5.14 Å². The number of benzene rings is 2. The van der Waals surface area contributed by atoms with Gasteiger partial charge < -0.3 is 4.42 Å². The number of oxazole rings is 1. The van der Waals surface area contributed by atoms with E-state index in [1.165, 1.54) is 36.4 Å². The van der Waals surface area contributed by atoms with Crippen LogP contribution in [0.1, 0.15) is 5.89 Å². The van der Waals surface area contributed by atoms with Gasteiger partial charge in [-0.15, -0.1) is 0 Å². The zero-order valence-electron chi connectivity index (χ0n) is 15.3. The Morgan fingerprint density at radius 2 is 1.87 bits per heavy atom. The Hall–Kier alpha value is -3.23. The molecule has 1 heterocycles. The van der Waals surface area contributed by atoms with Crippen LogP contribution in [0.25, 0.3) is 22.6 Å². The van der Waals surface area contributed by atoms with Gasteiger partial charge in [-0.3, -0.25) is 10.0 Å². The number of amides is 1. The van der Waals surface area contributed by atoms with Crippen molar-refractivity contribution in [2.75, 3.05) is 7.05 Å². The van der Waals surface area contributed by atoms with Gasteiger partial charge in [0, 0.05) is 30.0 Å². The lowest BCUT2D eigenvalue weighted by molar-refractivity contribution is -0.152. The van der Waals surface area contributed by atoms with E-state index in [9.17, 15) is 17.6 Å². The van der Waals surface area contributed by atoms with E-state index in [4.69, 9.17) is 26.4 Å². The number of hydrogen-bond donors (Lipinski definition) is 2. The van der Waals surface area contributed by atoms with E-state index in [0.717, 1.165) is 13.1 Å². The van der Waals surface area contributed by atoms with Crippen LogP contribution in [0.3, 0.4) is 0 Å². The lowest BCUT2D eigenvalue weighted by Crippen LogP contribution is -2.20. The van der Waals surface area contributed by atoms with E-state index >= 15 is 0 Å². The zero-order valence-corrected chi connectivity index (χ0v) is 16.8. The van der Waals surface area contributed by atoms with Crippen molar-refractivity contribution in [3.63, 3.8) is 0 Å². The molecule has 1 amide bonds. The molecule has 0 fully saturated rings. The van der Waals surface area contributed by atoms with Gasteiger partial charge in [0.05, 0.1) is 9.92 Å². The van der Waals surface area contributed by atoms with E-state index in [2.05, 4.69) is 16.8 Å². The Morgan fingerprint density at radius 3 is 2.43 bits per heavy atom. The molecule has 8 nitrogen and oxygen atoms in total. The molecule has 0 spiro atoms. The predicted octanol–water partition coefficient (Wildman–Crippen LogP) is 2.65. The summed E-state index contributed by atoms with van der Waals surface area (Å²) in [7, 11) is -2.78. The van der Waals surface area contributed by atoms with E-state index in [1.54, 1.807) is 0 Å². The summed E-state index contributed by atoms with van der Waals surface area (Å²) >= 11 is 5.86. The molecule has 0 saturated heterocycles. The minimum atomic E-state index is -3.89. The van der Waals surface area contributed by atoms with Crippen molar-refractivity contribution in [2.45, 2.75) is 4.90 Å². The quantitative estimate of drug-likeness (QED) is 0.359. The van der Waals surface area contributed by atoms with Crippen molar-refractivity contribution in [3.05, 3.63) is 59.2 Å². The molecule has 11 heteroatoms. The number of sulfonamides is 1. The van der Waals surface area contributed by atoms with Crippen LogP contribution in [0.15, 0.2) is 51.8 Å². The Morgan fingerprint density at radius 1 is 1.23 bits per heavy atom. The highest BCUT2D eigenvalue weighted by molar-refractivity contribution is 7.89. The van der Waals surface area contributed by atoms with Gasteiger partial charge in [-0.1, -0.05) is 11.6 Å². The fourth-order valence-corrected chi connectivity index (χ4v) is 3.09. The van der Waals surface area contributed by atoms with Crippen molar-refractivity contribution in [1.29, 1.82) is 0 Å². The van der Waals surface area contributed by atoms with Crippen molar-refractivity contribution in [1.82, 2.24) is 10.0 Å². The molecular formula is C19H13ClFN3O5S. The van der Waals surface area contributed by atoms with Crippen molar-refractivity contribution in [3.8, 4) is 34.4 Å². The van der Waals surface area contributed by atoms with Gasteiger partial charge in [-0.25, -0.2) is 28.0 Å². The van der Waals surface area contributed by atoms with Crippen LogP contribution >= 0.6 is 11.6 Å². The highest BCUT2D eigenvalue weighted by Gasteiger charge is 2.18. The summed E-state index contributed by atoms with van der Waals surface area (Å²) in [6.07, 6.45) is 0. The molecule has 0 radical (unpaired) electrons. The van der Waals surface area contributed by atoms with Crippen LogP contribution in [0.2, 0.25) is 5.02 Å². The maximum atomic E-state index is 13.6. The van der Waals surface area contributed by atoms with Gasteiger partial charge in [-0.05, 0) is 42.5 Å². The number of primary sulfonamides is 1. The topological polar surface area (TPSA) is 127 Å². The minimum Gasteiger partial charge on any atom is -0.429 e. The standard InChI is InChI=1S/C19H13ClFN3O5S/c1-24(26)17(25)9-8-16-23-18(12-4-7-15(21)14(20)10-12)19(29-16)11-2-5-13(6-3-11)30(22,27)28/h2-7,10,26H,1H3,(H2,22,27,28). The van der Waals surface area contributed by atoms with Crippen LogP contribution in [-0.4, -0.2) is 36.6 Å². The fraction of sp³-hybridized carbons (Fsp3) is 0.0526. The fourth-order valence-electron chi connectivity index (χ4n) is 2.39. The average molecular weight is 450 g/mol. The summed E-state index contributed by atoms with van der Waals surface area (Å²) in [6.45, 7) is 0. The number of rotatable bonds is 3. The van der Waals surface area contributed by atoms with E-state index < -0.39 is 21.7 Å². The summed E-state index contributed by atoms with van der Waals surface area (Å²) < 4.78 is 42.1. The number of halogens is 2. The molecule has 0 aliphatic carbocycles. The second-order valence-electron chi connectivity index (χ2n) is 5.97. The molecule has 2 aromatic carbocycles. The number of carbonyl (C=O) groups excluding carboxylic acids is 1. The highest BCUT2D eigenvalue weighted by Crippen LogP contribution is 2.34. The number of nitrogens with zero attached hydrogens (tertiary/aromatic N) is 2. The molecule has 0 unspecified atom stereocenters. The molecule has 0 atom stereocenters.